The van der Waals surface area contributed by atoms with Crippen LogP contribution in [0.15, 0.2) is 54.6 Å². The Morgan fingerprint density at radius 3 is 2.12 bits per heavy atom. The molecule has 0 unspecified atom stereocenters. The van der Waals surface area contributed by atoms with Crippen LogP contribution < -0.4 is 18.9 Å². The molecular weight excluding hydrogens is 454 g/mol. The highest BCUT2D eigenvalue weighted by Crippen LogP contribution is 2.39. The maximum Gasteiger partial charge on any atom is 0.338 e. The van der Waals surface area contributed by atoms with Gasteiger partial charge in [0.15, 0.2) is 11.5 Å². The summed E-state index contributed by atoms with van der Waals surface area (Å²) in [4.78, 5) is 23.1. The first-order valence-corrected chi connectivity index (χ1v) is 9.92. The van der Waals surface area contributed by atoms with Crippen LogP contribution >= 0.6 is 11.6 Å². The summed E-state index contributed by atoms with van der Waals surface area (Å²) in [5.74, 6) is 0.738. The Balaban J connectivity index is 1.69. The number of rotatable bonds is 9. The van der Waals surface area contributed by atoms with E-state index in [-0.39, 0.29) is 28.6 Å². The first kappa shape index (κ1) is 23.7. The molecule has 0 aliphatic heterocycles. The summed E-state index contributed by atoms with van der Waals surface area (Å²) in [5.41, 5.74) is 0.665. The molecule has 0 aliphatic carbocycles. The molecule has 9 nitrogen and oxygen atoms in total. The topological polar surface area (TPSA) is 106 Å². The molecule has 0 spiro atoms. The lowest BCUT2D eigenvalue weighted by Crippen LogP contribution is -2.07. The van der Waals surface area contributed by atoms with Gasteiger partial charge in [-0.05, 0) is 35.9 Å². The van der Waals surface area contributed by atoms with Gasteiger partial charge in [0.1, 0.15) is 12.4 Å². The van der Waals surface area contributed by atoms with Crippen molar-refractivity contribution in [1.29, 1.82) is 0 Å². The van der Waals surface area contributed by atoms with Crippen LogP contribution in [0.4, 0.5) is 5.69 Å². The maximum absolute atomic E-state index is 12.5. The molecule has 33 heavy (non-hydrogen) atoms. The Morgan fingerprint density at radius 2 is 1.58 bits per heavy atom. The fourth-order valence-electron chi connectivity index (χ4n) is 2.94. The van der Waals surface area contributed by atoms with Crippen molar-refractivity contribution in [3.63, 3.8) is 0 Å². The Morgan fingerprint density at radius 1 is 0.939 bits per heavy atom. The number of nitro groups is 1. The van der Waals surface area contributed by atoms with Crippen molar-refractivity contribution >= 4 is 23.3 Å². The van der Waals surface area contributed by atoms with E-state index >= 15 is 0 Å². The zero-order valence-electron chi connectivity index (χ0n) is 18.0. The van der Waals surface area contributed by atoms with E-state index in [9.17, 15) is 14.9 Å². The van der Waals surface area contributed by atoms with Crippen molar-refractivity contribution in [2.75, 3.05) is 21.3 Å². The highest BCUT2D eigenvalue weighted by atomic mass is 35.5. The van der Waals surface area contributed by atoms with Gasteiger partial charge in [0, 0.05) is 6.07 Å². The van der Waals surface area contributed by atoms with Crippen molar-refractivity contribution in [2.45, 2.75) is 6.61 Å². The van der Waals surface area contributed by atoms with Crippen molar-refractivity contribution in [3.05, 3.63) is 80.9 Å². The number of methoxy groups -OCH3 is 3. The Bertz CT molecular complexity index is 1140. The van der Waals surface area contributed by atoms with Crippen LogP contribution in [0.5, 0.6) is 28.7 Å². The minimum atomic E-state index is -0.582. The molecule has 0 radical (unpaired) electrons. The highest BCUT2D eigenvalue weighted by molar-refractivity contribution is 6.32. The summed E-state index contributed by atoms with van der Waals surface area (Å²) in [5, 5.41) is 11.3. The van der Waals surface area contributed by atoms with Crippen molar-refractivity contribution in [3.8, 4) is 28.7 Å². The van der Waals surface area contributed by atoms with Gasteiger partial charge in [-0.25, -0.2) is 4.79 Å². The van der Waals surface area contributed by atoms with E-state index < -0.39 is 10.9 Å². The molecule has 0 amide bonds. The van der Waals surface area contributed by atoms with Crippen LogP contribution in [0, 0.1) is 10.1 Å². The van der Waals surface area contributed by atoms with E-state index in [1.807, 2.05) is 0 Å². The number of nitrogens with zero attached hydrogens (tertiary/aromatic N) is 1. The Kier molecular flexibility index (Phi) is 7.57. The monoisotopic (exact) mass is 473 g/mol. The number of hydrogen-bond acceptors (Lipinski definition) is 8. The van der Waals surface area contributed by atoms with E-state index in [4.69, 9.17) is 35.3 Å². The predicted octanol–water partition coefficient (Wildman–Crippen LogP) is 5.42. The second-order valence-electron chi connectivity index (χ2n) is 6.58. The van der Waals surface area contributed by atoms with Gasteiger partial charge in [-0.2, -0.15) is 0 Å². The van der Waals surface area contributed by atoms with Gasteiger partial charge in [0.2, 0.25) is 11.5 Å². The van der Waals surface area contributed by atoms with Crippen molar-refractivity contribution < 1.29 is 33.4 Å². The number of ether oxygens (including phenoxy) is 5. The average Bonchev–Trinajstić information content (AvgIpc) is 2.83. The smallest absolute Gasteiger partial charge is 0.338 e. The number of halogens is 1. The number of para-hydroxylation sites is 1. The van der Waals surface area contributed by atoms with Crippen LogP contribution in [-0.2, 0) is 11.3 Å². The largest absolute Gasteiger partial charge is 0.493 e. The number of esters is 1. The molecule has 0 aliphatic rings. The van der Waals surface area contributed by atoms with Gasteiger partial charge in [-0.15, -0.1) is 0 Å². The van der Waals surface area contributed by atoms with Gasteiger partial charge < -0.3 is 23.7 Å². The molecule has 0 N–H and O–H groups in total. The summed E-state index contributed by atoms with van der Waals surface area (Å²) in [6.45, 7) is -0.0119. The Hall–Kier alpha value is -3.98. The van der Waals surface area contributed by atoms with Crippen molar-refractivity contribution in [2.24, 2.45) is 0 Å². The molecule has 172 valence electrons. The summed E-state index contributed by atoms with van der Waals surface area (Å²) in [7, 11) is 4.37. The zero-order valence-corrected chi connectivity index (χ0v) is 18.8. The molecule has 0 bridgehead atoms. The third kappa shape index (κ3) is 5.45. The lowest BCUT2D eigenvalue weighted by molar-refractivity contribution is -0.385. The molecule has 0 heterocycles. The number of carbonyl (C=O) groups is 1. The highest BCUT2D eigenvalue weighted by Gasteiger charge is 2.20. The lowest BCUT2D eigenvalue weighted by atomic mass is 10.2. The minimum Gasteiger partial charge on any atom is -0.493 e. The normalized spacial score (nSPS) is 10.3. The van der Waals surface area contributed by atoms with Crippen molar-refractivity contribution in [1.82, 2.24) is 0 Å². The first-order chi connectivity index (χ1) is 15.9. The number of carbonyl (C=O) groups excluding carboxylic acids is 1. The second kappa shape index (κ2) is 10.6. The quantitative estimate of drug-likeness (QED) is 0.230. The van der Waals surface area contributed by atoms with Crippen LogP contribution in [0.3, 0.4) is 0 Å². The third-order valence-corrected chi connectivity index (χ3v) is 4.85. The zero-order chi connectivity index (χ0) is 24.0. The van der Waals surface area contributed by atoms with E-state index in [0.717, 1.165) is 0 Å². The summed E-state index contributed by atoms with van der Waals surface area (Å²) < 4.78 is 26.7. The molecule has 0 saturated carbocycles. The lowest BCUT2D eigenvalue weighted by Gasteiger charge is -2.14. The molecule has 3 aromatic rings. The molecular formula is C23H20ClNO8. The summed E-state index contributed by atoms with van der Waals surface area (Å²) >= 11 is 6.05. The van der Waals surface area contributed by atoms with Crippen LogP contribution in [0.1, 0.15) is 15.9 Å². The van der Waals surface area contributed by atoms with E-state index in [0.29, 0.717) is 28.6 Å². The third-order valence-electron chi connectivity index (χ3n) is 4.56. The van der Waals surface area contributed by atoms with Gasteiger partial charge in [0.05, 0.1) is 36.8 Å². The van der Waals surface area contributed by atoms with E-state index in [1.54, 1.807) is 24.3 Å². The molecule has 0 atom stereocenters. The van der Waals surface area contributed by atoms with Crippen LogP contribution in [0.25, 0.3) is 0 Å². The maximum atomic E-state index is 12.5. The molecule has 3 aromatic carbocycles. The first-order valence-electron chi connectivity index (χ1n) is 9.54. The van der Waals surface area contributed by atoms with Gasteiger partial charge in [-0.1, -0.05) is 29.8 Å². The summed E-state index contributed by atoms with van der Waals surface area (Å²) in [6, 6.07) is 13.8. The van der Waals surface area contributed by atoms with E-state index in [1.165, 1.54) is 51.7 Å². The number of benzene rings is 3. The Labute approximate surface area is 194 Å². The summed E-state index contributed by atoms with van der Waals surface area (Å²) in [6.07, 6.45) is 0. The minimum absolute atomic E-state index is 0.0119. The fourth-order valence-corrected chi connectivity index (χ4v) is 3.15. The SMILES string of the molecule is COc1cc(C(=O)OCc2ccc(Oc3c(Cl)cccc3[N+](=O)[O-])cc2)cc(OC)c1OC. The molecule has 0 saturated heterocycles. The molecule has 0 aromatic heterocycles. The fraction of sp³-hybridized carbons (Fsp3) is 0.174. The van der Waals surface area contributed by atoms with Gasteiger partial charge in [0.25, 0.3) is 0 Å². The van der Waals surface area contributed by atoms with Crippen LogP contribution in [-0.4, -0.2) is 32.2 Å². The molecule has 10 heteroatoms. The molecule has 0 fully saturated rings. The number of nitro benzene ring substituents is 1. The predicted molar refractivity (Wildman–Crippen MR) is 120 cm³/mol. The second-order valence-corrected chi connectivity index (χ2v) is 6.99. The number of hydrogen-bond donors (Lipinski definition) is 0. The van der Waals surface area contributed by atoms with Crippen LogP contribution in [0.2, 0.25) is 5.02 Å². The molecule has 3 rings (SSSR count). The van der Waals surface area contributed by atoms with Gasteiger partial charge in [-0.3, -0.25) is 10.1 Å². The van der Waals surface area contributed by atoms with Gasteiger partial charge >= 0.3 is 11.7 Å². The average molecular weight is 474 g/mol. The van der Waals surface area contributed by atoms with E-state index in [2.05, 4.69) is 0 Å². The standard InChI is InChI=1S/C23H20ClNO8/c1-29-19-11-15(12-20(30-2)22(19)31-3)23(26)32-13-14-7-9-16(10-8-14)33-21-17(24)5-4-6-18(21)25(27)28/h4-12H,13H2,1-3H3.